The molecule has 2 rings (SSSR count). The molecule has 1 aliphatic rings. The summed E-state index contributed by atoms with van der Waals surface area (Å²) in [7, 11) is 0. The van der Waals surface area contributed by atoms with E-state index in [4.69, 9.17) is 23.2 Å². The van der Waals surface area contributed by atoms with Gasteiger partial charge in [-0.15, -0.1) is 0 Å². The molecule has 1 aliphatic heterocycles. The van der Waals surface area contributed by atoms with Gasteiger partial charge in [0.2, 0.25) is 5.91 Å². The maximum Gasteiger partial charge on any atom is 0.251 e. The van der Waals surface area contributed by atoms with Gasteiger partial charge in [0, 0.05) is 6.42 Å². The number of benzene rings is 1. The monoisotopic (exact) mass is 301 g/mol. The lowest BCUT2D eigenvalue weighted by atomic mass is 10.1. The molecule has 1 heterocycles. The smallest absolute Gasteiger partial charge is 0.251 e. The molecule has 0 bridgehead atoms. The average molecular weight is 302 g/mol. The van der Waals surface area contributed by atoms with Gasteiger partial charge in [0.15, 0.2) is 0 Å². The number of hydrogen-bond donors (Lipinski definition) is 3. The number of hydrazine groups is 1. The Bertz CT molecular complexity index is 526. The Hall–Kier alpha value is -1.79. The molecule has 0 saturated carbocycles. The molecular weight excluding hydrogens is 293 g/mol. The zero-order chi connectivity index (χ0) is 14.0. The van der Waals surface area contributed by atoms with Crippen LogP contribution in [0.4, 0.5) is 5.69 Å². The second kappa shape index (κ2) is 5.46. The SMILES string of the molecule is O=C(CC1C(=O)NNC1=O)Nc1c(Cl)cccc1Cl. The lowest BCUT2D eigenvalue weighted by Gasteiger charge is -2.09. The number of carbonyl (C=O) groups is 3. The van der Waals surface area contributed by atoms with Crippen LogP contribution in [-0.4, -0.2) is 17.7 Å². The van der Waals surface area contributed by atoms with Crippen molar-refractivity contribution in [2.75, 3.05) is 5.32 Å². The molecule has 1 aromatic carbocycles. The summed E-state index contributed by atoms with van der Waals surface area (Å²) in [5.41, 5.74) is 4.54. The van der Waals surface area contributed by atoms with Crippen molar-refractivity contribution in [2.45, 2.75) is 6.42 Å². The van der Waals surface area contributed by atoms with E-state index in [2.05, 4.69) is 16.2 Å². The Kier molecular flexibility index (Phi) is 3.92. The van der Waals surface area contributed by atoms with Crippen LogP contribution in [0.2, 0.25) is 10.0 Å². The van der Waals surface area contributed by atoms with Gasteiger partial charge in [0.1, 0.15) is 5.92 Å². The van der Waals surface area contributed by atoms with Crippen LogP contribution >= 0.6 is 23.2 Å². The normalized spacial score (nSPS) is 15.1. The van der Waals surface area contributed by atoms with Crippen molar-refractivity contribution in [1.82, 2.24) is 10.9 Å². The number of amides is 3. The summed E-state index contributed by atoms with van der Waals surface area (Å²) in [6.07, 6.45) is -0.279. The van der Waals surface area contributed by atoms with Gasteiger partial charge in [-0.3, -0.25) is 25.2 Å². The van der Waals surface area contributed by atoms with E-state index in [0.29, 0.717) is 0 Å². The topological polar surface area (TPSA) is 87.3 Å². The van der Waals surface area contributed by atoms with Gasteiger partial charge in [-0.1, -0.05) is 29.3 Å². The fraction of sp³-hybridized carbons (Fsp3) is 0.182. The summed E-state index contributed by atoms with van der Waals surface area (Å²) < 4.78 is 0. The number of hydrogen-bond acceptors (Lipinski definition) is 3. The van der Waals surface area contributed by atoms with Gasteiger partial charge in [-0.05, 0) is 12.1 Å². The second-order valence-electron chi connectivity index (χ2n) is 3.88. The van der Waals surface area contributed by atoms with Crippen molar-refractivity contribution in [2.24, 2.45) is 5.92 Å². The number of rotatable bonds is 3. The van der Waals surface area contributed by atoms with E-state index in [1.807, 2.05) is 0 Å². The van der Waals surface area contributed by atoms with Crippen LogP contribution in [-0.2, 0) is 14.4 Å². The molecule has 19 heavy (non-hydrogen) atoms. The Morgan fingerprint density at radius 1 is 1.16 bits per heavy atom. The largest absolute Gasteiger partial charge is 0.324 e. The average Bonchev–Trinajstić information content (AvgIpc) is 2.66. The fourth-order valence-electron chi connectivity index (χ4n) is 1.59. The van der Waals surface area contributed by atoms with E-state index >= 15 is 0 Å². The van der Waals surface area contributed by atoms with Crippen molar-refractivity contribution >= 4 is 46.6 Å². The third-order valence-corrected chi connectivity index (χ3v) is 3.19. The highest BCUT2D eigenvalue weighted by Crippen LogP contribution is 2.30. The molecule has 100 valence electrons. The predicted octanol–water partition coefficient (Wildman–Crippen LogP) is 1.10. The molecule has 8 heteroatoms. The van der Waals surface area contributed by atoms with Crippen molar-refractivity contribution < 1.29 is 14.4 Å². The third-order valence-electron chi connectivity index (χ3n) is 2.56. The highest BCUT2D eigenvalue weighted by atomic mass is 35.5. The molecule has 3 amide bonds. The Balaban J connectivity index is 2.06. The number of carbonyl (C=O) groups excluding carboxylic acids is 3. The first kappa shape index (κ1) is 13.6. The van der Waals surface area contributed by atoms with E-state index in [0.717, 1.165) is 0 Å². The van der Waals surface area contributed by atoms with Crippen LogP contribution < -0.4 is 16.2 Å². The highest BCUT2D eigenvalue weighted by Gasteiger charge is 2.34. The Labute approximate surface area is 118 Å². The first-order valence-electron chi connectivity index (χ1n) is 5.32. The zero-order valence-corrected chi connectivity index (χ0v) is 11.0. The minimum atomic E-state index is -1.04. The van der Waals surface area contributed by atoms with Crippen molar-refractivity contribution in [3.8, 4) is 0 Å². The van der Waals surface area contributed by atoms with Crippen LogP contribution in [0, 0.1) is 5.92 Å². The molecule has 0 atom stereocenters. The van der Waals surface area contributed by atoms with E-state index in [1.54, 1.807) is 18.2 Å². The first-order valence-corrected chi connectivity index (χ1v) is 6.08. The van der Waals surface area contributed by atoms with E-state index < -0.39 is 23.6 Å². The van der Waals surface area contributed by atoms with Gasteiger partial charge >= 0.3 is 0 Å². The van der Waals surface area contributed by atoms with Gasteiger partial charge in [-0.25, -0.2) is 0 Å². The van der Waals surface area contributed by atoms with Gasteiger partial charge < -0.3 is 5.32 Å². The summed E-state index contributed by atoms with van der Waals surface area (Å²) >= 11 is 11.8. The summed E-state index contributed by atoms with van der Waals surface area (Å²) in [4.78, 5) is 34.3. The van der Waals surface area contributed by atoms with E-state index in [-0.39, 0.29) is 22.2 Å². The lowest BCUT2D eigenvalue weighted by molar-refractivity contribution is -0.131. The van der Waals surface area contributed by atoms with Crippen LogP contribution in [0.5, 0.6) is 0 Å². The van der Waals surface area contributed by atoms with E-state index in [1.165, 1.54) is 0 Å². The number of nitrogens with one attached hydrogen (secondary N) is 3. The van der Waals surface area contributed by atoms with Crippen LogP contribution in [0.3, 0.4) is 0 Å². The molecule has 0 aromatic heterocycles. The minimum absolute atomic E-state index is 0.259. The predicted molar refractivity (Wildman–Crippen MR) is 69.5 cm³/mol. The first-order chi connectivity index (χ1) is 8.99. The number of anilines is 1. The third kappa shape index (κ3) is 2.97. The molecular formula is C11H9Cl2N3O3. The Morgan fingerprint density at radius 3 is 2.21 bits per heavy atom. The van der Waals surface area contributed by atoms with Crippen LogP contribution in [0.1, 0.15) is 6.42 Å². The van der Waals surface area contributed by atoms with Crippen LogP contribution in [0.25, 0.3) is 0 Å². The molecule has 0 radical (unpaired) electrons. The summed E-state index contributed by atoms with van der Waals surface area (Å²) in [5, 5.41) is 3.04. The molecule has 0 aliphatic carbocycles. The zero-order valence-electron chi connectivity index (χ0n) is 9.50. The molecule has 1 aromatic rings. The van der Waals surface area contributed by atoms with Gasteiger partial charge in [0.05, 0.1) is 15.7 Å². The maximum atomic E-state index is 11.8. The lowest BCUT2D eigenvalue weighted by Crippen LogP contribution is -2.28. The second-order valence-corrected chi connectivity index (χ2v) is 4.69. The van der Waals surface area contributed by atoms with Gasteiger partial charge in [0.25, 0.3) is 11.8 Å². The molecule has 0 unspecified atom stereocenters. The molecule has 1 fully saturated rings. The molecule has 1 saturated heterocycles. The van der Waals surface area contributed by atoms with Crippen molar-refractivity contribution in [3.05, 3.63) is 28.2 Å². The highest BCUT2D eigenvalue weighted by molar-refractivity contribution is 6.39. The van der Waals surface area contributed by atoms with Gasteiger partial charge in [-0.2, -0.15) is 0 Å². The fourth-order valence-corrected chi connectivity index (χ4v) is 2.09. The maximum absolute atomic E-state index is 11.8. The van der Waals surface area contributed by atoms with Crippen LogP contribution in [0.15, 0.2) is 18.2 Å². The summed E-state index contributed by atoms with van der Waals surface area (Å²) in [6, 6.07) is 4.77. The Morgan fingerprint density at radius 2 is 1.68 bits per heavy atom. The molecule has 6 nitrogen and oxygen atoms in total. The quantitative estimate of drug-likeness (QED) is 0.731. The minimum Gasteiger partial charge on any atom is -0.324 e. The summed E-state index contributed by atoms with van der Waals surface area (Å²) in [5.74, 6) is -2.63. The summed E-state index contributed by atoms with van der Waals surface area (Å²) in [6.45, 7) is 0. The van der Waals surface area contributed by atoms with Crippen molar-refractivity contribution in [3.63, 3.8) is 0 Å². The van der Waals surface area contributed by atoms with Crippen molar-refractivity contribution in [1.29, 1.82) is 0 Å². The van der Waals surface area contributed by atoms with E-state index in [9.17, 15) is 14.4 Å². The molecule has 3 N–H and O–H groups in total. The standard InChI is InChI=1S/C11H9Cl2N3O3/c12-6-2-1-3-7(13)9(6)14-8(17)4-5-10(18)15-16-11(5)19/h1-3,5H,4H2,(H,14,17)(H,15,18)(H,16,19). The number of para-hydroxylation sites is 1. The number of halogens is 2. The molecule has 0 spiro atoms.